The fourth-order valence-corrected chi connectivity index (χ4v) is 2.48. The Morgan fingerprint density at radius 2 is 2.16 bits per heavy atom. The van der Waals surface area contributed by atoms with Gasteiger partial charge in [-0.2, -0.15) is 5.26 Å². The van der Waals surface area contributed by atoms with E-state index in [4.69, 9.17) is 0 Å². The second kappa shape index (κ2) is 5.04. The molecule has 2 aromatic heterocycles. The largest absolute Gasteiger partial charge is 0.378 e. The van der Waals surface area contributed by atoms with Crippen molar-refractivity contribution in [1.29, 1.82) is 5.26 Å². The minimum Gasteiger partial charge on any atom is -0.378 e. The molecule has 0 fully saturated rings. The van der Waals surface area contributed by atoms with E-state index in [1.165, 1.54) is 0 Å². The molecule has 0 radical (unpaired) electrons. The van der Waals surface area contributed by atoms with Gasteiger partial charge in [0.15, 0.2) is 0 Å². The Labute approximate surface area is 114 Å². The maximum atomic E-state index is 9.19. The van der Waals surface area contributed by atoms with Gasteiger partial charge in [0.25, 0.3) is 0 Å². The van der Waals surface area contributed by atoms with Crippen LogP contribution in [0.15, 0.2) is 41.4 Å². The number of fused-ring (bicyclic) bond motifs is 1. The number of thiazole rings is 1. The third kappa shape index (κ3) is 2.26. The normalized spacial score (nSPS) is 10.3. The van der Waals surface area contributed by atoms with Crippen LogP contribution in [0.1, 0.15) is 11.3 Å². The highest BCUT2D eigenvalue weighted by Gasteiger charge is 2.08. The number of hydrogen-bond acceptors (Lipinski definition) is 5. The third-order valence-corrected chi connectivity index (χ3v) is 3.46. The molecule has 1 aromatic carbocycles. The van der Waals surface area contributed by atoms with Crippen molar-refractivity contribution in [3.8, 4) is 6.07 Å². The van der Waals surface area contributed by atoms with E-state index < -0.39 is 0 Å². The SMILES string of the molecule is N#Cc1cnc2ccccc2c1NCc1cscn1. The highest BCUT2D eigenvalue weighted by molar-refractivity contribution is 7.07. The topological polar surface area (TPSA) is 61.6 Å². The Balaban J connectivity index is 2.02. The van der Waals surface area contributed by atoms with Gasteiger partial charge in [0.2, 0.25) is 0 Å². The van der Waals surface area contributed by atoms with Crippen LogP contribution in [0.5, 0.6) is 0 Å². The molecular formula is C14H10N4S. The fraction of sp³-hybridized carbons (Fsp3) is 0.0714. The first-order chi connectivity index (χ1) is 9.38. The van der Waals surface area contributed by atoms with Gasteiger partial charge in [-0.1, -0.05) is 18.2 Å². The molecule has 0 spiro atoms. The zero-order valence-corrected chi connectivity index (χ0v) is 10.8. The van der Waals surface area contributed by atoms with Gasteiger partial charge in [0.1, 0.15) is 6.07 Å². The van der Waals surface area contributed by atoms with Gasteiger partial charge in [-0.05, 0) is 6.07 Å². The van der Waals surface area contributed by atoms with Crippen LogP contribution in [0.3, 0.4) is 0 Å². The van der Waals surface area contributed by atoms with E-state index in [1.807, 2.05) is 29.6 Å². The van der Waals surface area contributed by atoms with Gasteiger partial charge in [-0.15, -0.1) is 11.3 Å². The van der Waals surface area contributed by atoms with Crippen molar-refractivity contribution in [3.05, 3.63) is 52.6 Å². The van der Waals surface area contributed by atoms with Crippen molar-refractivity contribution >= 4 is 27.9 Å². The van der Waals surface area contributed by atoms with Crippen LogP contribution in [0, 0.1) is 11.3 Å². The van der Waals surface area contributed by atoms with Crippen molar-refractivity contribution in [2.24, 2.45) is 0 Å². The van der Waals surface area contributed by atoms with E-state index in [0.29, 0.717) is 12.1 Å². The molecule has 2 heterocycles. The summed E-state index contributed by atoms with van der Waals surface area (Å²) in [6, 6.07) is 9.95. The van der Waals surface area contributed by atoms with Crippen molar-refractivity contribution in [2.45, 2.75) is 6.54 Å². The van der Waals surface area contributed by atoms with Gasteiger partial charge in [0.05, 0.1) is 34.5 Å². The van der Waals surface area contributed by atoms with Crippen molar-refractivity contribution < 1.29 is 0 Å². The number of benzene rings is 1. The van der Waals surface area contributed by atoms with Gasteiger partial charge in [0, 0.05) is 17.0 Å². The van der Waals surface area contributed by atoms with Gasteiger partial charge in [-0.25, -0.2) is 4.98 Å². The lowest BCUT2D eigenvalue weighted by Gasteiger charge is -2.10. The number of para-hydroxylation sites is 1. The summed E-state index contributed by atoms with van der Waals surface area (Å²) in [6.07, 6.45) is 1.60. The number of pyridine rings is 1. The lowest BCUT2D eigenvalue weighted by molar-refractivity contribution is 1.07. The Hall–Kier alpha value is -2.45. The third-order valence-electron chi connectivity index (χ3n) is 2.83. The van der Waals surface area contributed by atoms with Crippen LogP contribution in [-0.2, 0) is 6.54 Å². The molecule has 1 N–H and O–H groups in total. The smallest absolute Gasteiger partial charge is 0.103 e. The lowest BCUT2D eigenvalue weighted by Crippen LogP contribution is -2.03. The van der Waals surface area contributed by atoms with Crippen molar-refractivity contribution in [1.82, 2.24) is 9.97 Å². The van der Waals surface area contributed by atoms with E-state index in [9.17, 15) is 5.26 Å². The molecular weight excluding hydrogens is 256 g/mol. The summed E-state index contributed by atoms with van der Waals surface area (Å²) in [5.41, 5.74) is 5.01. The average Bonchev–Trinajstić information content (AvgIpc) is 2.97. The molecule has 3 aromatic rings. The van der Waals surface area contributed by atoms with Crippen LogP contribution >= 0.6 is 11.3 Å². The zero-order chi connectivity index (χ0) is 13.1. The summed E-state index contributed by atoms with van der Waals surface area (Å²) in [6.45, 7) is 0.603. The van der Waals surface area contributed by atoms with Crippen molar-refractivity contribution in [3.63, 3.8) is 0 Å². The second-order valence-electron chi connectivity index (χ2n) is 4.01. The molecule has 3 rings (SSSR count). The predicted molar refractivity (Wildman–Crippen MR) is 75.9 cm³/mol. The molecule has 0 amide bonds. The maximum Gasteiger partial charge on any atom is 0.103 e. The molecule has 4 nitrogen and oxygen atoms in total. The second-order valence-corrected chi connectivity index (χ2v) is 4.73. The van der Waals surface area contributed by atoms with Crippen molar-refractivity contribution in [2.75, 3.05) is 5.32 Å². The molecule has 19 heavy (non-hydrogen) atoms. The summed E-state index contributed by atoms with van der Waals surface area (Å²) >= 11 is 1.56. The fourth-order valence-electron chi connectivity index (χ4n) is 1.92. The first kappa shape index (κ1) is 11.6. The molecule has 0 bridgehead atoms. The molecule has 5 heteroatoms. The van der Waals surface area contributed by atoms with Gasteiger partial charge in [-0.3, -0.25) is 4.98 Å². The molecule has 0 atom stereocenters. The number of nitrogens with one attached hydrogen (secondary N) is 1. The minimum absolute atomic E-state index is 0.550. The molecule has 0 aliphatic carbocycles. The number of hydrogen-bond donors (Lipinski definition) is 1. The summed E-state index contributed by atoms with van der Waals surface area (Å²) in [5, 5.41) is 15.4. The summed E-state index contributed by atoms with van der Waals surface area (Å²) in [7, 11) is 0. The summed E-state index contributed by atoms with van der Waals surface area (Å²) in [4.78, 5) is 8.51. The molecule has 0 saturated carbocycles. The van der Waals surface area contributed by atoms with E-state index in [2.05, 4.69) is 21.4 Å². The van der Waals surface area contributed by atoms with E-state index >= 15 is 0 Å². The quantitative estimate of drug-likeness (QED) is 0.791. The van der Waals surface area contributed by atoms with Crippen LogP contribution < -0.4 is 5.32 Å². The Bertz CT molecular complexity index is 744. The van der Waals surface area contributed by atoms with Crippen LogP contribution in [0.2, 0.25) is 0 Å². The van der Waals surface area contributed by atoms with E-state index in [1.54, 1.807) is 23.0 Å². The zero-order valence-electron chi connectivity index (χ0n) is 10.00. The average molecular weight is 266 g/mol. The molecule has 0 aliphatic heterocycles. The Kier molecular flexibility index (Phi) is 3.09. The van der Waals surface area contributed by atoms with Gasteiger partial charge >= 0.3 is 0 Å². The number of rotatable bonds is 3. The molecule has 0 aliphatic rings. The highest BCUT2D eigenvalue weighted by atomic mass is 32.1. The monoisotopic (exact) mass is 266 g/mol. The number of anilines is 1. The Morgan fingerprint density at radius 1 is 1.26 bits per heavy atom. The number of aromatic nitrogens is 2. The van der Waals surface area contributed by atoms with Crippen LogP contribution in [0.25, 0.3) is 10.9 Å². The first-order valence-corrected chi connectivity index (χ1v) is 6.71. The van der Waals surface area contributed by atoms with E-state index in [-0.39, 0.29) is 0 Å². The standard InChI is InChI=1S/C14H10N4S/c15-5-10-6-16-13-4-2-1-3-12(13)14(10)17-7-11-8-19-9-18-11/h1-4,6,8-9H,7H2,(H,16,17). The molecule has 92 valence electrons. The summed E-state index contributed by atoms with van der Waals surface area (Å²) < 4.78 is 0. The highest BCUT2D eigenvalue weighted by Crippen LogP contribution is 2.25. The summed E-state index contributed by atoms with van der Waals surface area (Å²) in [5.74, 6) is 0. The van der Waals surface area contributed by atoms with Crippen LogP contribution in [0.4, 0.5) is 5.69 Å². The Morgan fingerprint density at radius 3 is 2.95 bits per heavy atom. The molecule has 0 saturated heterocycles. The van der Waals surface area contributed by atoms with Gasteiger partial charge < -0.3 is 5.32 Å². The lowest BCUT2D eigenvalue weighted by atomic mass is 10.1. The number of nitriles is 1. The number of nitrogens with zero attached hydrogens (tertiary/aromatic N) is 3. The first-order valence-electron chi connectivity index (χ1n) is 5.77. The van der Waals surface area contributed by atoms with E-state index in [0.717, 1.165) is 22.3 Å². The molecule has 0 unspecified atom stereocenters. The maximum absolute atomic E-state index is 9.19. The minimum atomic E-state index is 0.550. The predicted octanol–water partition coefficient (Wildman–Crippen LogP) is 3.18. The van der Waals surface area contributed by atoms with Crippen LogP contribution in [-0.4, -0.2) is 9.97 Å².